The minimum Gasteiger partial charge on any atom is -0.379 e. The molecule has 1 aliphatic heterocycles. The van der Waals surface area contributed by atoms with Gasteiger partial charge in [0.1, 0.15) is 5.82 Å². The van der Waals surface area contributed by atoms with Gasteiger partial charge in [0.2, 0.25) is 0 Å². The molecule has 3 rings (SSSR count). The first-order chi connectivity index (χ1) is 13.3. The normalized spacial score (nSPS) is 19.4. The van der Waals surface area contributed by atoms with E-state index in [4.69, 9.17) is 5.73 Å². The molecule has 0 aliphatic carbocycles. The number of amidine groups is 1. The number of carbonyl (C=O) groups is 1. The van der Waals surface area contributed by atoms with Crippen LogP contribution in [0.5, 0.6) is 0 Å². The van der Waals surface area contributed by atoms with Gasteiger partial charge >= 0.3 is 0 Å². The average Bonchev–Trinajstić information content (AvgIpc) is 2.63. The molecule has 1 heterocycles. The molecule has 1 aliphatic rings. The number of hydrogen-bond donors (Lipinski definition) is 2. The standard InChI is InChI=1S/C19H18F3N3OS2/c1-19(7-8-27-18(23)25-19)12-5-6-14(20)15(10-12)24-16(26)11-3-2-4-13(9-11)28-17(21)22/h2-6,9-10,17H,7-8H2,1H3,(H2,23,25)(H,24,26). The zero-order valence-corrected chi connectivity index (χ0v) is 16.5. The average molecular weight is 426 g/mol. The Morgan fingerprint density at radius 1 is 1.32 bits per heavy atom. The Balaban J connectivity index is 1.84. The fourth-order valence-electron chi connectivity index (χ4n) is 2.86. The molecule has 0 radical (unpaired) electrons. The van der Waals surface area contributed by atoms with Gasteiger partial charge in [0.25, 0.3) is 11.7 Å². The second-order valence-electron chi connectivity index (χ2n) is 6.38. The number of benzene rings is 2. The molecule has 148 valence electrons. The van der Waals surface area contributed by atoms with Crippen molar-refractivity contribution in [2.45, 2.75) is 29.5 Å². The van der Waals surface area contributed by atoms with Gasteiger partial charge in [-0.25, -0.2) is 4.39 Å². The van der Waals surface area contributed by atoms with Crippen LogP contribution in [0.3, 0.4) is 0 Å². The lowest BCUT2D eigenvalue weighted by atomic mass is 9.89. The lowest BCUT2D eigenvalue weighted by molar-refractivity contribution is 0.102. The van der Waals surface area contributed by atoms with Gasteiger partial charge in [-0.2, -0.15) is 8.78 Å². The van der Waals surface area contributed by atoms with Gasteiger partial charge in [-0.15, -0.1) is 0 Å². The van der Waals surface area contributed by atoms with Crippen molar-refractivity contribution in [1.29, 1.82) is 0 Å². The van der Waals surface area contributed by atoms with Crippen LogP contribution in [-0.4, -0.2) is 22.6 Å². The molecule has 1 amide bonds. The van der Waals surface area contributed by atoms with Crippen LogP contribution in [0.15, 0.2) is 52.4 Å². The number of anilines is 1. The van der Waals surface area contributed by atoms with E-state index in [1.807, 2.05) is 6.92 Å². The SMILES string of the molecule is CC1(c2ccc(F)c(NC(=O)c3cccc(SC(F)F)c3)c2)CCSC(N)=N1. The van der Waals surface area contributed by atoms with Crippen molar-refractivity contribution in [2.75, 3.05) is 11.1 Å². The van der Waals surface area contributed by atoms with E-state index >= 15 is 0 Å². The molecule has 3 N–H and O–H groups in total. The lowest BCUT2D eigenvalue weighted by Crippen LogP contribution is -2.29. The van der Waals surface area contributed by atoms with Crippen molar-refractivity contribution in [3.63, 3.8) is 0 Å². The summed E-state index contributed by atoms with van der Waals surface area (Å²) in [4.78, 5) is 17.2. The van der Waals surface area contributed by atoms with Gasteiger partial charge in [0, 0.05) is 16.2 Å². The van der Waals surface area contributed by atoms with Gasteiger partial charge in [-0.3, -0.25) is 9.79 Å². The lowest BCUT2D eigenvalue weighted by Gasteiger charge is -2.30. The Kier molecular flexibility index (Phi) is 6.24. The highest BCUT2D eigenvalue weighted by Crippen LogP contribution is 2.36. The monoisotopic (exact) mass is 425 g/mol. The fraction of sp³-hybridized carbons (Fsp3) is 0.263. The van der Waals surface area contributed by atoms with Crippen molar-refractivity contribution < 1.29 is 18.0 Å². The molecule has 0 aromatic heterocycles. The summed E-state index contributed by atoms with van der Waals surface area (Å²) >= 11 is 1.81. The molecular formula is C19H18F3N3OS2. The molecule has 9 heteroatoms. The number of thioether (sulfide) groups is 2. The molecule has 4 nitrogen and oxygen atoms in total. The fourth-order valence-corrected chi connectivity index (χ4v) is 4.39. The third-order valence-corrected chi connectivity index (χ3v) is 5.85. The molecule has 0 saturated carbocycles. The second kappa shape index (κ2) is 8.48. The van der Waals surface area contributed by atoms with E-state index in [0.717, 1.165) is 17.7 Å². The minimum atomic E-state index is -2.59. The number of nitrogens with one attached hydrogen (secondary N) is 1. The van der Waals surface area contributed by atoms with E-state index < -0.39 is 23.0 Å². The van der Waals surface area contributed by atoms with Crippen LogP contribution in [0.2, 0.25) is 0 Å². The Hall–Kier alpha value is -2.13. The van der Waals surface area contributed by atoms with Crippen LogP contribution in [0, 0.1) is 5.82 Å². The number of halogens is 3. The smallest absolute Gasteiger partial charge is 0.288 e. The number of aliphatic imine (C=N–C) groups is 1. The third kappa shape index (κ3) is 4.82. The highest BCUT2D eigenvalue weighted by atomic mass is 32.2. The first kappa shape index (κ1) is 20.6. The minimum absolute atomic E-state index is 0.00244. The van der Waals surface area contributed by atoms with Crippen LogP contribution >= 0.6 is 23.5 Å². The van der Waals surface area contributed by atoms with Crippen molar-refractivity contribution in [2.24, 2.45) is 10.7 Å². The molecule has 2 aromatic carbocycles. The van der Waals surface area contributed by atoms with Crippen LogP contribution in [0.4, 0.5) is 18.9 Å². The highest BCUT2D eigenvalue weighted by molar-refractivity contribution is 8.13. The van der Waals surface area contributed by atoms with Crippen LogP contribution in [0.25, 0.3) is 0 Å². The summed E-state index contributed by atoms with van der Waals surface area (Å²) in [5.74, 6) is -2.98. The first-order valence-electron chi connectivity index (χ1n) is 8.41. The van der Waals surface area contributed by atoms with Crippen molar-refractivity contribution in [1.82, 2.24) is 0 Å². The summed E-state index contributed by atoms with van der Waals surface area (Å²) in [5, 5.41) is 2.99. The molecule has 0 saturated heterocycles. The Morgan fingerprint density at radius 3 is 2.82 bits per heavy atom. The largest absolute Gasteiger partial charge is 0.379 e. The summed E-state index contributed by atoms with van der Waals surface area (Å²) in [6, 6.07) is 10.3. The highest BCUT2D eigenvalue weighted by Gasteiger charge is 2.30. The summed E-state index contributed by atoms with van der Waals surface area (Å²) < 4.78 is 39.3. The number of hydrogen-bond acceptors (Lipinski definition) is 5. The van der Waals surface area contributed by atoms with Crippen LogP contribution in [-0.2, 0) is 5.54 Å². The summed E-state index contributed by atoms with van der Waals surface area (Å²) in [6.07, 6.45) is 0.726. The Bertz CT molecular complexity index is 923. The van der Waals surface area contributed by atoms with Crippen molar-refractivity contribution >= 4 is 40.3 Å². The number of carbonyl (C=O) groups excluding carboxylic acids is 1. The molecule has 0 spiro atoms. The predicted molar refractivity (Wildman–Crippen MR) is 109 cm³/mol. The van der Waals surface area contributed by atoms with E-state index in [0.29, 0.717) is 16.9 Å². The maximum absolute atomic E-state index is 14.3. The number of nitrogens with zero attached hydrogens (tertiary/aromatic N) is 1. The summed E-state index contributed by atoms with van der Waals surface area (Å²) in [5.41, 5.74) is 6.13. The maximum Gasteiger partial charge on any atom is 0.288 e. The van der Waals surface area contributed by atoms with Gasteiger partial charge in [-0.1, -0.05) is 35.7 Å². The zero-order chi connectivity index (χ0) is 20.3. The Labute approximate surface area is 169 Å². The van der Waals surface area contributed by atoms with Crippen molar-refractivity contribution in [3.8, 4) is 0 Å². The number of rotatable bonds is 5. The molecule has 0 bridgehead atoms. The van der Waals surface area contributed by atoms with Gasteiger partial charge in [-0.05, 0) is 49.2 Å². The van der Waals surface area contributed by atoms with Gasteiger partial charge < -0.3 is 11.1 Å². The van der Waals surface area contributed by atoms with Gasteiger partial charge in [0.15, 0.2) is 5.17 Å². The number of alkyl halides is 2. The van der Waals surface area contributed by atoms with Crippen molar-refractivity contribution in [3.05, 3.63) is 59.4 Å². The molecular weight excluding hydrogens is 407 g/mol. The number of nitrogens with two attached hydrogens (primary N) is 1. The maximum atomic E-state index is 14.3. The summed E-state index contributed by atoms with van der Waals surface area (Å²) in [6.45, 7) is 1.91. The van der Waals surface area contributed by atoms with Gasteiger partial charge in [0.05, 0.1) is 11.2 Å². The van der Waals surface area contributed by atoms with E-state index in [9.17, 15) is 18.0 Å². The van der Waals surface area contributed by atoms with Crippen LogP contribution < -0.4 is 11.1 Å². The molecule has 2 aromatic rings. The predicted octanol–water partition coefficient (Wildman–Crippen LogP) is 5.06. The molecule has 1 atom stereocenters. The van der Waals surface area contributed by atoms with E-state index in [-0.39, 0.29) is 16.1 Å². The Morgan fingerprint density at radius 2 is 2.11 bits per heavy atom. The van der Waals surface area contributed by atoms with E-state index in [1.165, 1.54) is 48.2 Å². The van der Waals surface area contributed by atoms with E-state index in [2.05, 4.69) is 10.3 Å². The zero-order valence-electron chi connectivity index (χ0n) is 14.9. The third-order valence-electron chi connectivity index (χ3n) is 4.35. The number of amides is 1. The molecule has 0 fully saturated rings. The van der Waals surface area contributed by atoms with Crippen LogP contribution in [0.1, 0.15) is 29.3 Å². The molecule has 1 unspecified atom stereocenters. The quantitative estimate of drug-likeness (QED) is 0.657. The summed E-state index contributed by atoms with van der Waals surface area (Å²) in [7, 11) is 0. The topological polar surface area (TPSA) is 67.5 Å². The first-order valence-corrected chi connectivity index (χ1v) is 10.3. The molecule has 28 heavy (non-hydrogen) atoms. The van der Waals surface area contributed by atoms with E-state index in [1.54, 1.807) is 6.07 Å². The second-order valence-corrected chi connectivity index (χ2v) is 8.56.